The van der Waals surface area contributed by atoms with Gasteiger partial charge in [0.2, 0.25) is 0 Å². The van der Waals surface area contributed by atoms with Crippen LogP contribution in [0.15, 0.2) is 5.03 Å². The van der Waals surface area contributed by atoms with Gasteiger partial charge in [0.15, 0.2) is 5.03 Å². The summed E-state index contributed by atoms with van der Waals surface area (Å²) in [6.45, 7) is 7.17. The topological polar surface area (TPSA) is 95.1 Å². The molecular weight excluding hydrogens is 254 g/mol. The number of H-pyrrole nitrogens is 1. The van der Waals surface area contributed by atoms with Crippen LogP contribution in [-0.2, 0) is 16.6 Å². The zero-order chi connectivity index (χ0) is 13.9. The predicted octanol–water partition coefficient (Wildman–Crippen LogP) is 0.923. The Kier molecular flexibility index (Phi) is 4.89. The minimum absolute atomic E-state index is 0.110. The second kappa shape index (κ2) is 5.81. The second-order valence-electron chi connectivity index (χ2n) is 4.67. The average Bonchev–Trinajstić information content (AvgIpc) is 2.67. The van der Waals surface area contributed by atoms with E-state index in [0.717, 1.165) is 0 Å². The fourth-order valence-electron chi connectivity index (χ4n) is 1.78. The molecule has 0 aromatic carbocycles. The van der Waals surface area contributed by atoms with Crippen LogP contribution in [0.2, 0.25) is 0 Å². The lowest BCUT2D eigenvalue weighted by Gasteiger charge is -2.20. The number of rotatable bonds is 6. The number of aromatic amines is 1. The van der Waals surface area contributed by atoms with Gasteiger partial charge in [0.05, 0.1) is 6.61 Å². The van der Waals surface area contributed by atoms with Crippen molar-refractivity contribution in [2.24, 2.45) is 5.92 Å². The molecular formula is C11H21N3O3S. The minimum atomic E-state index is -3.69. The maximum atomic E-state index is 12.2. The van der Waals surface area contributed by atoms with Gasteiger partial charge in [-0.15, -0.1) is 0 Å². The van der Waals surface area contributed by atoms with Crippen LogP contribution in [0, 0.1) is 12.8 Å². The summed E-state index contributed by atoms with van der Waals surface area (Å²) in [7, 11) is -3.69. The number of hydrogen-bond acceptors (Lipinski definition) is 4. The average molecular weight is 275 g/mol. The molecule has 18 heavy (non-hydrogen) atoms. The van der Waals surface area contributed by atoms with Gasteiger partial charge in [0.1, 0.15) is 0 Å². The highest BCUT2D eigenvalue weighted by atomic mass is 32.2. The standard InChI is InChI=1S/C11H21N3O3S/c1-5-10(7(2)3)14-18(16,17)11-9(6-15)8(4)12-13-11/h7,10,14-15H,5-6H2,1-4H3,(H,12,13). The van der Waals surface area contributed by atoms with Crippen LogP contribution in [-0.4, -0.2) is 29.8 Å². The second-order valence-corrected chi connectivity index (χ2v) is 6.30. The highest BCUT2D eigenvalue weighted by molar-refractivity contribution is 7.89. The normalized spacial score (nSPS) is 14.1. The molecule has 0 saturated heterocycles. The van der Waals surface area contributed by atoms with Crippen LogP contribution in [0.4, 0.5) is 0 Å². The molecule has 1 atom stereocenters. The molecule has 3 N–H and O–H groups in total. The summed E-state index contributed by atoms with van der Waals surface area (Å²) in [4.78, 5) is 0. The van der Waals surface area contributed by atoms with Crippen molar-refractivity contribution < 1.29 is 13.5 Å². The molecule has 6 nitrogen and oxygen atoms in total. The van der Waals surface area contributed by atoms with Gasteiger partial charge in [0, 0.05) is 17.3 Å². The van der Waals surface area contributed by atoms with E-state index in [1.807, 2.05) is 20.8 Å². The molecule has 0 fully saturated rings. The molecule has 0 radical (unpaired) electrons. The fourth-order valence-corrected chi connectivity index (χ4v) is 3.44. The molecule has 7 heteroatoms. The van der Waals surface area contributed by atoms with Gasteiger partial charge >= 0.3 is 0 Å². The van der Waals surface area contributed by atoms with Gasteiger partial charge in [-0.2, -0.15) is 5.10 Å². The molecule has 0 amide bonds. The van der Waals surface area contributed by atoms with Crippen molar-refractivity contribution in [2.75, 3.05) is 0 Å². The summed E-state index contributed by atoms with van der Waals surface area (Å²) in [5.74, 6) is 0.197. The third kappa shape index (κ3) is 3.09. The first-order valence-electron chi connectivity index (χ1n) is 6.00. The van der Waals surface area contributed by atoms with Crippen molar-refractivity contribution in [3.63, 3.8) is 0 Å². The van der Waals surface area contributed by atoms with Crippen molar-refractivity contribution in [1.82, 2.24) is 14.9 Å². The summed E-state index contributed by atoms with van der Waals surface area (Å²) in [6, 6.07) is -0.140. The summed E-state index contributed by atoms with van der Waals surface area (Å²) >= 11 is 0. The first kappa shape index (κ1) is 15.1. The van der Waals surface area contributed by atoms with Crippen LogP contribution < -0.4 is 4.72 Å². The molecule has 1 rings (SSSR count). The van der Waals surface area contributed by atoms with Crippen LogP contribution in [0.3, 0.4) is 0 Å². The van der Waals surface area contributed by atoms with Crippen molar-refractivity contribution in [2.45, 2.75) is 51.8 Å². The van der Waals surface area contributed by atoms with Gasteiger partial charge in [-0.3, -0.25) is 5.10 Å². The highest BCUT2D eigenvalue weighted by Crippen LogP contribution is 2.18. The van der Waals surface area contributed by atoms with Crippen LogP contribution in [0.5, 0.6) is 0 Å². The van der Waals surface area contributed by atoms with Crippen LogP contribution in [0.1, 0.15) is 38.4 Å². The summed E-state index contributed by atoms with van der Waals surface area (Å²) < 4.78 is 27.0. The monoisotopic (exact) mass is 275 g/mol. The number of sulfonamides is 1. The van der Waals surface area contributed by atoms with Gasteiger partial charge in [0.25, 0.3) is 10.0 Å². The summed E-state index contributed by atoms with van der Waals surface area (Å²) in [6.07, 6.45) is 0.703. The Balaban J connectivity index is 3.06. The number of hydrogen-bond donors (Lipinski definition) is 3. The SMILES string of the molecule is CCC(NS(=O)(=O)c1n[nH]c(C)c1CO)C(C)C. The van der Waals surface area contributed by atoms with Gasteiger partial charge in [-0.1, -0.05) is 20.8 Å². The Bertz CT molecular complexity index is 494. The minimum Gasteiger partial charge on any atom is -0.392 e. The quantitative estimate of drug-likeness (QED) is 0.719. The van der Waals surface area contributed by atoms with Gasteiger partial charge in [-0.05, 0) is 19.3 Å². The Labute approximate surface area is 108 Å². The number of aliphatic hydroxyl groups is 1. The summed E-state index contributed by atoms with van der Waals surface area (Å²) in [5.41, 5.74) is 0.886. The maximum absolute atomic E-state index is 12.2. The fraction of sp³-hybridized carbons (Fsp3) is 0.727. The number of nitrogens with zero attached hydrogens (tertiary/aromatic N) is 1. The molecule has 1 aromatic heterocycles. The third-order valence-corrected chi connectivity index (χ3v) is 4.46. The van der Waals surface area contributed by atoms with Gasteiger partial charge < -0.3 is 5.11 Å². The summed E-state index contributed by atoms with van der Waals surface area (Å²) in [5, 5.41) is 15.4. The first-order valence-corrected chi connectivity index (χ1v) is 7.48. The van der Waals surface area contributed by atoms with Crippen molar-refractivity contribution in [1.29, 1.82) is 0 Å². The van der Waals surface area contributed by atoms with E-state index in [-0.39, 0.29) is 23.6 Å². The van der Waals surface area contributed by atoms with Crippen LogP contribution >= 0.6 is 0 Å². The van der Waals surface area contributed by atoms with E-state index in [1.165, 1.54) is 0 Å². The lowest BCUT2D eigenvalue weighted by molar-refractivity contribution is 0.277. The third-order valence-electron chi connectivity index (χ3n) is 3.00. The van der Waals surface area contributed by atoms with E-state index in [1.54, 1.807) is 6.92 Å². The number of aryl methyl sites for hydroxylation is 1. The predicted molar refractivity (Wildman–Crippen MR) is 68.5 cm³/mol. The highest BCUT2D eigenvalue weighted by Gasteiger charge is 2.26. The van der Waals surface area contributed by atoms with Crippen molar-refractivity contribution in [3.8, 4) is 0 Å². The van der Waals surface area contributed by atoms with E-state index in [2.05, 4.69) is 14.9 Å². The van der Waals surface area contributed by atoms with Crippen LogP contribution in [0.25, 0.3) is 0 Å². The van der Waals surface area contributed by atoms with Crippen molar-refractivity contribution >= 4 is 10.0 Å². The molecule has 104 valence electrons. The molecule has 0 spiro atoms. The molecule has 0 aliphatic carbocycles. The van der Waals surface area contributed by atoms with E-state index < -0.39 is 10.0 Å². The van der Waals surface area contributed by atoms with Gasteiger partial charge in [-0.25, -0.2) is 13.1 Å². The Morgan fingerprint density at radius 3 is 2.50 bits per heavy atom. The molecule has 1 unspecified atom stereocenters. The van der Waals surface area contributed by atoms with E-state index in [4.69, 9.17) is 0 Å². The van der Waals surface area contributed by atoms with E-state index in [9.17, 15) is 13.5 Å². The Hall–Kier alpha value is -0.920. The van der Waals surface area contributed by atoms with E-state index in [0.29, 0.717) is 17.7 Å². The van der Waals surface area contributed by atoms with E-state index >= 15 is 0 Å². The Morgan fingerprint density at radius 2 is 2.06 bits per heavy atom. The lowest BCUT2D eigenvalue weighted by atomic mass is 10.0. The largest absolute Gasteiger partial charge is 0.392 e. The number of aliphatic hydroxyl groups excluding tert-OH is 1. The first-order chi connectivity index (χ1) is 8.33. The molecule has 0 bridgehead atoms. The zero-order valence-electron chi connectivity index (χ0n) is 11.2. The number of nitrogens with one attached hydrogen (secondary N) is 2. The molecule has 1 heterocycles. The lowest BCUT2D eigenvalue weighted by Crippen LogP contribution is -2.38. The smallest absolute Gasteiger partial charge is 0.260 e. The molecule has 0 saturated carbocycles. The molecule has 0 aliphatic heterocycles. The zero-order valence-corrected chi connectivity index (χ0v) is 12.0. The number of aromatic nitrogens is 2. The van der Waals surface area contributed by atoms with Crippen molar-refractivity contribution in [3.05, 3.63) is 11.3 Å². The molecule has 0 aliphatic rings. The Morgan fingerprint density at radius 1 is 1.44 bits per heavy atom. The maximum Gasteiger partial charge on any atom is 0.260 e. The molecule has 1 aromatic rings.